The van der Waals surface area contributed by atoms with Crippen LogP contribution in [0.15, 0.2) is 53.9 Å². The minimum atomic E-state index is 0.300. The Kier molecular flexibility index (Phi) is 4.60. The number of nitrogens with two attached hydrogens (primary N) is 1. The lowest BCUT2D eigenvalue weighted by Gasteiger charge is -2.11. The van der Waals surface area contributed by atoms with E-state index >= 15 is 0 Å². The van der Waals surface area contributed by atoms with Crippen molar-refractivity contribution < 1.29 is 0 Å². The summed E-state index contributed by atoms with van der Waals surface area (Å²) in [6.07, 6.45) is 14.2. The number of unbranched alkanes of at least 4 members (excludes halogenated alkanes) is 1. The zero-order valence-electron chi connectivity index (χ0n) is 13.3. The molecule has 1 aliphatic carbocycles. The van der Waals surface area contributed by atoms with Crippen LogP contribution in [-0.4, -0.2) is 21.1 Å². The van der Waals surface area contributed by atoms with E-state index in [-0.39, 0.29) is 0 Å². The van der Waals surface area contributed by atoms with Gasteiger partial charge in [0.25, 0.3) is 0 Å². The van der Waals surface area contributed by atoms with Crippen molar-refractivity contribution >= 4 is 22.8 Å². The van der Waals surface area contributed by atoms with Crippen LogP contribution < -0.4 is 11.1 Å². The van der Waals surface area contributed by atoms with Gasteiger partial charge in [-0.1, -0.05) is 31.6 Å². The molecule has 3 N–H and O–H groups in total. The Labute approximate surface area is 135 Å². The Morgan fingerprint density at radius 1 is 1.30 bits per heavy atom. The highest BCUT2D eigenvalue weighted by Gasteiger charge is 2.11. The highest BCUT2D eigenvalue weighted by Crippen LogP contribution is 2.24. The molecule has 2 heterocycles. The minimum Gasteiger partial charge on any atom is -0.368 e. The summed E-state index contributed by atoms with van der Waals surface area (Å²) in [7, 11) is 0. The van der Waals surface area contributed by atoms with Crippen LogP contribution >= 0.6 is 0 Å². The fraction of sp³-hybridized carbons (Fsp3) is 0.278. The van der Waals surface area contributed by atoms with Gasteiger partial charge < -0.3 is 15.6 Å². The second-order valence-corrected chi connectivity index (χ2v) is 5.49. The van der Waals surface area contributed by atoms with Crippen LogP contribution in [0, 0.1) is 0 Å². The number of hydrogen-bond donors (Lipinski definition) is 2. The van der Waals surface area contributed by atoms with Gasteiger partial charge in [0, 0.05) is 19.3 Å². The Balaban J connectivity index is 1.95. The number of nitrogens with one attached hydrogen (secondary N) is 1. The summed E-state index contributed by atoms with van der Waals surface area (Å²) in [6, 6.07) is 1.98. The van der Waals surface area contributed by atoms with Crippen molar-refractivity contribution in [3.63, 3.8) is 0 Å². The molecule has 23 heavy (non-hydrogen) atoms. The molecule has 5 nitrogen and oxygen atoms in total. The number of rotatable bonds is 6. The number of fused-ring (bicyclic) bond motifs is 1. The molecule has 1 aliphatic rings. The third-order valence-electron chi connectivity index (χ3n) is 3.69. The summed E-state index contributed by atoms with van der Waals surface area (Å²) >= 11 is 0. The molecule has 0 fully saturated rings. The zero-order chi connectivity index (χ0) is 16.1. The van der Waals surface area contributed by atoms with E-state index in [0.29, 0.717) is 5.95 Å². The number of nitrogens with zero attached hydrogens (tertiary/aromatic N) is 3. The summed E-state index contributed by atoms with van der Waals surface area (Å²) in [4.78, 5) is 8.72. The normalized spacial score (nSPS) is 13.3. The zero-order valence-corrected chi connectivity index (χ0v) is 13.3. The Hall–Kier alpha value is -2.78. The van der Waals surface area contributed by atoms with Gasteiger partial charge in [-0.3, -0.25) is 0 Å². The van der Waals surface area contributed by atoms with Gasteiger partial charge in [0.1, 0.15) is 5.52 Å². The molecule has 2 aromatic rings. The molecule has 5 heteroatoms. The van der Waals surface area contributed by atoms with Gasteiger partial charge in [-0.25, -0.2) is 4.98 Å². The first-order valence-electron chi connectivity index (χ1n) is 7.92. The molecular weight excluding hydrogens is 286 g/mol. The SMILES string of the molecule is CCCCNc1nc(N)nc2ccn(CC3=CC=CC=C=C3)c12. The van der Waals surface area contributed by atoms with Gasteiger partial charge in [0.05, 0.1) is 5.52 Å². The Morgan fingerprint density at radius 2 is 2.22 bits per heavy atom. The highest BCUT2D eigenvalue weighted by molar-refractivity contribution is 5.87. The van der Waals surface area contributed by atoms with E-state index in [1.54, 1.807) is 0 Å². The number of anilines is 2. The first-order chi connectivity index (χ1) is 11.3. The lowest BCUT2D eigenvalue weighted by molar-refractivity contribution is 0.819. The van der Waals surface area contributed by atoms with E-state index in [0.717, 1.165) is 42.8 Å². The maximum absolute atomic E-state index is 5.83. The van der Waals surface area contributed by atoms with Gasteiger partial charge in [-0.2, -0.15) is 4.98 Å². The lowest BCUT2D eigenvalue weighted by atomic mass is 10.2. The van der Waals surface area contributed by atoms with Gasteiger partial charge in [-0.15, -0.1) is 5.73 Å². The van der Waals surface area contributed by atoms with Crippen LogP contribution in [0.4, 0.5) is 11.8 Å². The number of allylic oxidation sites excluding steroid dienone is 5. The molecule has 0 spiro atoms. The number of nitrogen functional groups attached to an aromatic ring is 1. The van der Waals surface area contributed by atoms with Crippen LogP contribution in [0.2, 0.25) is 0 Å². The van der Waals surface area contributed by atoms with Gasteiger partial charge in [0.2, 0.25) is 5.95 Å². The van der Waals surface area contributed by atoms with E-state index in [1.165, 1.54) is 5.57 Å². The maximum atomic E-state index is 5.83. The first-order valence-corrected chi connectivity index (χ1v) is 7.92. The molecule has 2 aromatic heterocycles. The first kappa shape index (κ1) is 15.1. The largest absolute Gasteiger partial charge is 0.368 e. The molecular formula is C18H21N5. The monoisotopic (exact) mass is 307 g/mol. The van der Waals surface area contributed by atoms with E-state index in [4.69, 9.17) is 5.73 Å². The van der Waals surface area contributed by atoms with Crippen LogP contribution in [0.5, 0.6) is 0 Å². The van der Waals surface area contributed by atoms with Crippen molar-refractivity contribution in [3.05, 3.63) is 53.9 Å². The summed E-state index contributed by atoms with van der Waals surface area (Å²) in [5.74, 6) is 1.10. The van der Waals surface area contributed by atoms with E-state index < -0.39 is 0 Å². The fourth-order valence-electron chi connectivity index (χ4n) is 2.55. The molecule has 0 saturated carbocycles. The maximum Gasteiger partial charge on any atom is 0.222 e. The Bertz CT molecular complexity index is 819. The Morgan fingerprint density at radius 3 is 3.09 bits per heavy atom. The highest BCUT2D eigenvalue weighted by atomic mass is 15.1. The van der Waals surface area contributed by atoms with Crippen molar-refractivity contribution in [1.82, 2.24) is 14.5 Å². The van der Waals surface area contributed by atoms with E-state index in [2.05, 4.69) is 38.6 Å². The third-order valence-corrected chi connectivity index (χ3v) is 3.69. The van der Waals surface area contributed by atoms with Crippen molar-refractivity contribution in [1.29, 1.82) is 0 Å². The molecule has 0 unspecified atom stereocenters. The second kappa shape index (κ2) is 6.99. The molecule has 0 amide bonds. The van der Waals surface area contributed by atoms with E-state index in [9.17, 15) is 0 Å². The van der Waals surface area contributed by atoms with Crippen molar-refractivity contribution in [2.75, 3.05) is 17.6 Å². The topological polar surface area (TPSA) is 68.8 Å². The summed E-state index contributed by atoms with van der Waals surface area (Å²) in [6.45, 7) is 3.78. The fourth-order valence-corrected chi connectivity index (χ4v) is 2.55. The predicted molar refractivity (Wildman–Crippen MR) is 95.2 cm³/mol. The smallest absolute Gasteiger partial charge is 0.222 e. The van der Waals surface area contributed by atoms with Crippen LogP contribution in [0.3, 0.4) is 0 Å². The summed E-state index contributed by atoms with van der Waals surface area (Å²) < 4.78 is 2.15. The van der Waals surface area contributed by atoms with Crippen molar-refractivity contribution in [2.45, 2.75) is 26.3 Å². The average molecular weight is 307 g/mol. The molecule has 118 valence electrons. The van der Waals surface area contributed by atoms with Gasteiger partial charge >= 0.3 is 0 Å². The minimum absolute atomic E-state index is 0.300. The molecule has 3 rings (SSSR count). The molecule has 0 aromatic carbocycles. The summed E-state index contributed by atoms with van der Waals surface area (Å²) in [5.41, 5.74) is 12.0. The lowest BCUT2D eigenvalue weighted by Crippen LogP contribution is -2.09. The molecule has 0 radical (unpaired) electrons. The van der Waals surface area contributed by atoms with Crippen LogP contribution in [-0.2, 0) is 6.54 Å². The quantitative estimate of drug-likeness (QED) is 0.633. The standard InChI is InChI=1S/C18H21N5/c1-2-3-11-20-17-16-15(21-18(19)22-17)10-12-23(16)13-14-8-6-4-5-7-9-14/h4-6,8-10,12H,2-3,11,13H2,1H3,(H3,19,20,21,22). The van der Waals surface area contributed by atoms with Gasteiger partial charge in [0.15, 0.2) is 5.82 Å². The van der Waals surface area contributed by atoms with Gasteiger partial charge in [-0.05, 0) is 30.2 Å². The molecule has 0 atom stereocenters. The average Bonchev–Trinajstić information content (AvgIpc) is 2.76. The number of hydrogen-bond acceptors (Lipinski definition) is 4. The second-order valence-electron chi connectivity index (χ2n) is 5.49. The molecule has 0 aliphatic heterocycles. The number of aromatic nitrogens is 3. The van der Waals surface area contributed by atoms with Crippen LogP contribution in [0.25, 0.3) is 11.0 Å². The third kappa shape index (κ3) is 3.52. The predicted octanol–water partition coefficient (Wildman–Crippen LogP) is 3.43. The summed E-state index contributed by atoms with van der Waals surface area (Å²) in [5, 5.41) is 3.39. The van der Waals surface area contributed by atoms with Crippen molar-refractivity contribution in [2.24, 2.45) is 0 Å². The molecule has 0 saturated heterocycles. The van der Waals surface area contributed by atoms with E-state index in [1.807, 2.05) is 36.6 Å². The van der Waals surface area contributed by atoms with Crippen LogP contribution in [0.1, 0.15) is 19.8 Å². The molecule has 0 bridgehead atoms. The van der Waals surface area contributed by atoms with Crippen molar-refractivity contribution in [3.8, 4) is 0 Å².